The number of likely N-dealkylation sites (N-methyl/N-ethyl adjacent to an activating group) is 1. The predicted molar refractivity (Wildman–Crippen MR) is 55.0 cm³/mol. The van der Waals surface area contributed by atoms with E-state index in [0.29, 0.717) is 6.61 Å². The van der Waals surface area contributed by atoms with Crippen molar-refractivity contribution >= 4 is 11.3 Å². The minimum atomic E-state index is -0.141. The van der Waals surface area contributed by atoms with Crippen molar-refractivity contribution < 1.29 is 4.74 Å². The van der Waals surface area contributed by atoms with Gasteiger partial charge in [-0.1, -0.05) is 6.92 Å². The Hall–Kier alpha value is -0.450. The molecule has 1 atom stereocenters. The molecule has 1 aromatic rings. The highest BCUT2D eigenvalue weighted by molar-refractivity contribution is 7.09. The molecular weight excluding hydrogens is 184 g/mol. The first-order valence-corrected chi connectivity index (χ1v) is 5.25. The van der Waals surface area contributed by atoms with Crippen LogP contribution >= 0.6 is 11.3 Å². The number of nitrogens with one attached hydrogen (secondary N) is 1. The summed E-state index contributed by atoms with van der Waals surface area (Å²) in [7, 11) is 1.71. The highest BCUT2D eigenvalue weighted by atomic mass is 32.1. The van der Waals surface area contributed by atoms with Gasteiger partial charge in [0.2, 0.25) is 0 Å². The van der Waals surface area contributed by atoms with E-state index >= 15 is 0 Å². The molecule has 13 heavy (non-hydrogen) atoms. The van der Waals surface area contributed by atoms with Gasteiger partial charge in [0.15, 0.2) is 0 Å². The summed E-state index contributed by atoms with van der Waals surface area (Å²) in [6.07, 6.45) is 1.82. The molecule has 0 radical (unpaired) electrons. The Morgan fingerprint density at radius 1 is 1.69 bits per heavy atom. The molecule has 0 bridgehead atoms. The van der Waals surface area contributed by atoms with E-state index in [1.54, 1.807) is 18.4 Å². The number of methoxy groups -OCH3 is 1. The number of thiazole rings is 1. The van der Waals surface area contributed by atoms with Crippen LogP contribution < -0.4 is 5.32 Å². The highest BCUT2D eigenvalue weighted by Gasteiger charge is 2.27. The molecule has 1 N–H and O–H groups in total. The summed E-state index contributed by atoms with van der Waals surface area (Å²) in [5.74, 6) is 0. The van der Waals surface area contributed by atoms with Gasteiger partial charge in [0.1, 0.15) is 5.01 Å². The van der Waals surface area contributed by atoms with Crippen LogP contribution in [0.3, 0.4) is 0 Å². The van der Waals surface area contributed by atoms with Crippen molar-refractivity contribution in [2.24, 2.45) is 0 Å². The van der Waals surface area contributed by atoms with Crippen molar-refractivity contribution in [3.05, 3.63) is 16.6 Å². The van der Waals surface area contributed by atoms with Crippen LogP contribution in [0.2, 0.25) is 0 Å². The Balaban J connectivity index is 2.78. The maximum Gasteiger partial charge on any atom is 0.115 e. The van der Waals surface area contributed by atoms with Gasteiger partial charge in [-0.05, 0) is 13.5 Å². The van der Waals surface area contributed by atoms with Crippen molar-refractivity contribution in [1.29, 1.82) is 0 Å². The van der Waals surface area contributed by atoms with E-state index in [0.717, 1.165) is 11.6 Å². The van der Waals surface area contributed by atoms with Crippen LogP contribution in [0, 0.1) is 0 Å². The molecule has 1 unspecified atom stereocenters. The summed E-state index contributed by atoms with van der Waals surface area (Å²) >= 11 is 1.66. The molecule has 74 valence electrons. The molecule has 1 heterocycles. The van der Waals surface area contributed by atoms with E-state index < -0.39 is 0 Å². The lowest BCUT2D eigenvalue weighted by Crippen LogP contribution is -2.43. The SMILES string of the molecule is CCNC(C)(COC)c1nccs1. The predicted octanol–water partition coefficient (Wildman–Crippen LogP) is 1.61. The second-order valence-electron chi connectivity index (χ2n) is 3.13. The summed E-state index contributed by atoms with van der Waals surface area (Å²) in [5, 5.41) is 6.45. The maximum atomic E-state index is 5.19. The Labute approximate surface area is 83.1 Å². The normalized spacial score (nSPS) is 15.6. The van der Waals surface area contributed by atoms with Gasteiger partial charge in [0, 0.05) is 18.7 Å². The van der Waals surface area contributed by atoms with E-state index in [9.17, 15) is 0 Å². The van der Waals surface area contributed by atoms with Crippen molar-refractivity contribution in [3.8, 4) is 0 Å². The Morgan fingerprint density at radius 3 is 2.92 bits per heavy atom. The molecule has 0 saturated carbocycles. The van der Waals surface area contributed by atoms with Gasteiger partial charge in [-0.25, -0.2) is 4.98 Å². The molecule has 0 aliphatic heterocycles. The van der Waals surface area contributed by atoms with Gasteiger partial charge in [0.05, 0.1) is 12.1 Å². The number of rotatable bonds is 5. The number of ether oxygens (including phenoxy) is 1. The summed E-state index contributed by atoms with van der Waals surface area (Å²) in [6, 6.07) is 0. The average Bonchev–Trinajstić information content (AvgIpc) is 2.57. The van der Waals surface area contributed by atoms with Crippen molar-refractivity contribution in [2.75, 3.05) is 20.3 Å². The molecule has 0 aliphatic carbocycles. The molecule has 0 aliphatic rings. The first-order valence-electron chi connectivity index (χ1n) is 4.37. The third-order valence-corrected chi connectivity index (χ3v) is 2.94. The van der Waals surface area contributed by atoms with Gasteiger partial charge in [-0.3, -0.25) is 0 Å². The summed E-state index contributed by atoms with van der Waals surface area (Å²) in [6.45, 7) is 5.76. The number of nitrogens with zero attached hydrogens (tertiary/aromatic N) is 1. The summed E-state index contributed by atoms with van der Waals surface area (Å²) in [5.41, 5.74) is -0.141. The number of hydrogen-bond donors (Lipinski definition) is 1. The smallest absolute Gasteiger partial charge is 0.115 e. The zero-order chi connectivity index (χ0) is 9.73. The Kier molecular flexibility index (Phi) is 3.84. The summed E-state index contributed by atoms with van der Waals surface area (Å²) in [4.78, 5) is 4.30. The molecule has 0 aromatic carbocycles. The quantitative estimate of drug-likeness (QED) is 0.784. The molecule has 4 heteroatoms. The van der Waals surface area contributed by atoms with E-state index in [1.807, 2.05) is 11.6 Å². The molecule has 0 fully saturated rings. The third kappa shape index (κ3) is 2.49. The first kappa shape index (κ1) is 10.6. The topological polar surface area (TPSA) is 34.1 Å². The van der Waals surface area contributed by atoms with Crippen LogP contribution in [0.1, 0.15) is 18.9 Å². The summed E-state index contributed by atoms with van der Waals surface area (Å²) < 4.78 is 5.19. The fraction of sp³-hybridized carbons (Fsp3) is 0.667. The highest BCUT2D eigenvalue weighted by Crippen LogP contribution is 2.22. The van der Waals surface area contributed by atoms with E-state index in [4.69, 9.17) is 4.74 Å². The van der Waals surface area contributed by atoms with E-state index in [-0.39, 0.29) is 5.54 Å². The van der Waals surface area contributed by atoms with Crippen molar-refractivity contribution in [1.82, 2.24) is 10.3 Å². The van der Waals surface area contributed by atoms with Crippen LogP contribution in [-0.2, 0) is 10.3 Å². The zero-order valence-corrected chi connectivity index (χ0v) is 9.15. The molecule has 0 saturated heterocycles. The second kappa shape index (κ2) is 4.69. The lowest BCUT2D eigenvalue weighted by Gasteiger charge is -2.27. The number of hydrogen-bond acceptors (Lipinski definition) is 4. The fourth-order valence-corrected chi connectivity index (χ4v) is 2.13. The Morgan fingerprint density at radius 2 is 2.46 bits per heavy atom. The van der Waals surface area contributed by atoms with Crippen LogP contribution in [0.25, 0.3) is 0 Å². The molecule has 1 rings (SSSR count). The minimum Gasteiger partial charge on any atom is -0.382 e. The van der Waals surface area contributed by atoms with Crippen molar-refractivity contribution in [3.63, 3.8) is 0 Å². The van der Waals surface area contributed by atoms with E-state index in [2.05, 4.69) is 24.1 Å². The van der Waals surface area contributed by atoms with Gasteiger partial charge in [0.25, 0.3) is 0 Å². The van der Waals surface area contributed by atoms with Crippen LogP contribution in [0.5, 0.6) is 0 Å². The van der Waals surface area contributed by atoms with Gasteiger partial charge in [-0.2, -0.15) is 0 Å². The second-order valence-corrected chi connectivity index (χ2v) is 4.03. The first-order chi connectivity index (χ1) is 6.23. The zero-order valence-electron chi connectivity index (χ0n) is 8.33. The maximum absolute atomic E-state index is 5.19. The monoisotopic (exact) mass is 200 g/mol. The number of aromatic nitrogens is 1. The fourth-order valence-electron chi connectivity index (χ4n) is 1.36. The molecular formula is C9H16N2OS. The van der Waals surface area contributed by atoms with Crippen molar-refractivity contribution in [2.45, 2.75) is 19.4 Å². The minimum absolute atomic E-state index is 0.141. The van der Waals surface area contributed by atoms with Crippen LogP contribution in [0.15, 0.2) is 11.6 Å². The van der Waals surface area contributed by atoms with Crippen LogP contribution in [0.4, 0.5) is 0 Å². The average molecular weight is 200 g/mol. The largest absolute Gasteiger partial charge is 0.382 e. The van der Waals surface area contributed by atoms with Gasteiger partial charge in [-0.15, -0.1) is 11.3 Å². The molecule has 3 nitrogen and oxygen atoms in total. The van der Waals surface area contributed by atoms with E-state index in [1.165, 1.54) is 0 Å². The Bertz CT molecular complexity index is 230. The van der Waals surface area contributed by atoms with Gasteiger partial charge >= 0.3 is 0 Å². The van der Waals surface area contributed by atoms with Crippen LogP contribution in [-0.4, -0.2) is 25.2 Å². The lowest BCUT2D eigenvalue weighted by molar-refractivity contribution is 0.119. The third-order valence-electron chi connectivity index (χ3n) is 1.90. The molecule has 0 amide bonds. The molecule has 1 aromatic heterocycles. The van der Waals surface area contributed by atoms with Gasteiger partial charge < -0.3 is 10.1 Å². The molecule has 0 spiro atoms. The lowest BCUT2D eigenvalue weighted by atomic mass is 10.1. The standard InChI is InChI=1S/C9H16N2OS/c1-4-11-9(2,7-12-3)8-10-5-6-13-8/h5-6,11H,4,7H2,1-3H3.